The van der Waals surface area contributed by atoms with E-state index in [9.17, 15) is 15.0 Å². The molecule has 1 atom stereocenters. The second-order valence-corrected chi connectivity index (χ2v) is 4.16. The SMILES string of the molecule is CC(=O)c1cc(O)c2c(c1O)C(C)C=CC2. The Bertz CT molecular complexity index is 486. The molecule has 2 N–H and O–H groups in total. The van der Waals surface area contributed by atoms with Crippen LogP contribution in [0.1, 0.15) is 41.3 Å². The van der Waals surface area contributed by atoms with Crippen molar-refractivity contribution < 1.29 is 15.0 Å². The molecule has 0 radical (unpaired) electrons. The van der Waals surface area contributed by atoms with Crippen LogP contribution in [0, 0.1) is 0 Å². The fourth-order valence-electron chi connectivity index (χ4n) is 2.18. The van der Waals surface area contributed by atoms with Crippen LogP contribution in [-0.4, -0.2) is 16.0 Å². The van der Waals surface area contributed by atoms with E-state index in [1.807, 2.05) is 19.1 Å². The molecular formula is C13H14O3. The quantitative estimate of drug-likeness (QED) is 0.432. The van der Waals surface area contributed by atoms with Gasteiger partial charge in [-0.3, -0.25) is 4.79 Å². The molecule has 1 unspecified atom stereocenters. The van der Waals surface area contributed by atoms with Crippen LogP contribution in [0.15, 0.2) is 18.2 Å². The van der Waals surface area contributed by atoms with Gasteiger partial charge in [-0.2, -0.15) is 0 Å². The van der Waals surface area contributed by atoms with Crippen LogP contribution in [0.3, 0.4) is 0 Å². The number of ketones is 1. The lowest BCUT2D eigenvalue weighted by atomic mass is 9.85. The van der Waals surface area contributed by atoms with Crippen molar-refractivity contribution in [2.75, 3.05) is 0 Å². The molecule has 0 spiro atoms. The molecule has 0 aliphatic heterocycles. The van der Waals surface area contributed by atoms with Crippen LogP contribution in [0.4, 0.5) is 0 Å². The molecule has 0 saturated heterocycles. The van der Waals surface area contributed by atoms with E-state index in [1.165, 1.54) is 13.0 Å². The fourth-order valence-corrected chi connectivity index (χ4v) is 2.18. The average molecular weight is 218 g/mol. The van der Waals surface area contributed by atoms with Crippen LogP contribution in [-0.2, 0) is 6.42 Å². The number of benzene rings is 1. The first-order chi connectivity index (χ1) is 7.52. The van der Waals surface area contributed by atoms with Crippen LogP contribution in [0.2, 0.25) is 0 Å². The molecule has 2 rings (SSSR count). The molecule has 1 aromatic carbocycles. The third-order valence-electron chi connectivity index (χ3n) is 3.01. The highest BCUT2D eigenvalue weighted by Crippen LogP contribution is 2.41. The van der Waals surface area contributed by atoms with Crippen LogP contribution in [0.5, 0.6) is 11.5 Å². The Labute approximate surface area is 94.0 Å². The molecule has 0 fully saturated rings. The number of phenols is 2. The lowest BCUT2D eigenvalue weighted by Crippen LogP contribution is -2.06. The third kappa shape index (κ3) is 1.48. The van der Waals surface area contributed by atoms with E-state index < -0.39 is 0 Å². The van der Waals surface area contributed by atoms with E-state index in [4.69, 9.17) is 0 Å². The zero-order valence-corrected chi connectivity index (χ0v) is 9.32. The van der Waals surface area contributed by atoms with Crippen molar-refractivity contribution in [3.05, 3.63) is 34.9 Å². The van der Waals surface area contributed by atoms with E-state index in [1.54, 1.807) is 0 Å². The summed E-state index contributed by atoms with van der Waals surface area (Å²) in [5, 5.41) is 19.9. The third-order valence-corrected chi connectivity index (χ3v) is 3.01. The number of hydrogen-bond acceptors (Lipinski definition) is 3. The van der Waals surface area contributed by atoms with Gasteiger partial charge in [0.05, 0.1) is 5.56 Å². The number of carbonyl (C=O) groups excluding carboxylic acids is 1. The second kappa shape index (κ2) is 3.67. The topological polar surface area (TPSA) is 57.5 Å². The number of hydrogen-bond donors (Lipinski definition) is 2. The summed E-state index contributed by atoms with van der Waals surface area (Å²) in [6.45, 7) is 3.31. The maximum Gasteiger partial charge on any atom is 0.163 e. The Hall–Kier alpha value is -1.77. The maximum atomic E-state index is 11.3. The van der Waals surface area contributed by atoms with Gasteiger partial charge < -0.3 is 10.2 Å². The largest absolute Gasteiger partial charge is 0.508 e. The summed E-state index contributed by atoms with van der Waals surface area (Å²) >= 11 is 0. The Morgan fingerprint density at radius 1 is 1.44 bits per heavy atom. The predicted molar refractivity (Wildman–Crippen MR) is 61.0 cm³/mol. The fraction of sp³-hybridized carbons (Fsp3) is 0.308. The summed E-state index contributed by atoms with van der Waals surface area (Å²) in [6, 6.07) is 1.35. The molecule has 1 aliphatic carbocycles. The summed E-state index contributed by atoms with van der Waals surface area (Å²) in [5.74, 6) is -0.113. The predicted octanol–water partition coefficient (Wildman–Crippen LogP) is 2.52. The monoisotopic (exact) mass is 218 g/mol. The molecule has 0 aromatic heterocycles. The van der Waals surface area contributed by atoms with Crippen molar-refractivity contribution in [2.24, 2.45) is 0 Å². The van der Waals surface area contributed by atoms with Crippen molar-refractivity contribution in [1.82, 2.24) is 0 Å². The zero-order chi connectivity index (χ0) is 11.9. The maximum absolute atomic E-state index is 11.3. The number of carbonyl (C=O) groups is 1. The summed E-state index contributed by atoms with van der Waals surface area (Å²) in [7, 11) is 0. The van der Waals surface area contributed by atoms with E-state index in [0.29, 0.717) is 12.0 Å². The lowest BCUT2D eigenvalue weighted by Gasteiger charge is -2.21. The van der Waals surface area contributed by atoms with Crippen LogP contribution in [0.25, 0.3) is 0 Å². The molecule has 1 aromatic rings. The van der Waals surface area contributed by atoms with Gasteiger partial charge in [0.15, 0.2) is 5.78 Å². The van der Waals surface area contributed by atoms with Crippen molar-refractivity contribution in [3.63, 3.8) is 0 Å². The van der Waals surface area contributed by atoms with Crippen molar-refractivity contribution in [1.29, 1.82) is 0 Å². The smallest absolute Gasteiger partial charge is 0.163 e. The first kappa shape index (κ1) is 10.7. The number of aromatic hydroxyl groups is 2. The number of fused-ring (bicyclic) bond motifs is 1. The molecule has 0 heterocycles. The Morgan fingerprint density at radius 2 is 2.12 bits per heavy atom. The van der Waals surface area contributed by atoms with Gasteiger partial charge in [-0.05, 0) is 19.4 Å². The Balaban J connectivity index is 2.72. The summed E-state index contributed by atoms with van der Waals surface area (Å²) in [6.07, 6.45) is 4.52. The average Bonchev–Trinajstić information content (AvgIpc) is 2.22. The van der Waals surface area contributed by atoms with Gasteiger partial charge >= 0.3 is 0 Å². The molecule has 3 heteroatoms. The van der Waals surface area contributed by atoms with Crippen molar-refractivity contribution >= 4 is 5.78 Å². The number of phenolic OH excluding ortho intramolecular Hbond substituents is 2. The Kier molecular flexibility index (Phi) is 2.46. The van der Waals surface area contributed by atoms with E-state index in [-0.39, 0.29) is 28.8 Å². The van der Waals surface area contributed by atoms with Gasteiger partial charge in [-0.15, -0.1) is 0 Å². The zero-order valence-electron chi connectivity index (χ0n) is 9.32. The Morgan fingerprint density at radius 3 is 2.75 bits per heavy atom. The molecule has 1 aliphatic rings. The van der Waals surface area contributed by atoms with E-state index in [2.05, 4.69) is 0 Å². The van der Waals surface area contributed by atoms with Crippen molar-refractivity contribution in [3.8, 4) is 11.5 Å². The molecule has 0 bridgehead atoms. The molecule has 0 saturated carbocycles. The normalized spacial score (nSPS) is 18.2. The molecule has 16 heavy (non-hydrogen) atoms. The van der Waals surface area contributed by atoms with Gasteiger partial charge in [-0.25, -0.2) is 0 Å². The minimum atomic E-state index is -0.239. The highest BCUT2D eigenvalue weighted by molar-refractivity contribution is 5.98. The van der Waals surface area contributed by atoms with Crippen LogP contribution >= 0.6 is 0 Å². The first-order valence-corrected chi connectivity index (χ1v) is 5.27. The second-order valence-electron chi connectivity index (χ2n) is 4.16. The van der Waals surface area contributed by atoms with Gasteiger partial charge in [0.2, 0.25) is 0 Å². The van der Waals surface area contributed by atoms with Gasteiger partial charge in [0, 0.05) is 17.0 Å². The number of allylic oxidation sites excluding steroid dienone is 2. The summed E-state index contributed by atoms with van der Waals surface area (Å²) < 4.78 is 0. The number of rotatable bonds is 1. The van der Waals surface area contributed by atoms with Gasteiger partial charge in [0.25, 0.3) is 0 Å². The summed E-state index contributed by atoms with van der Waals surface area (Å²) in [4.78, 5) is 11.3. The van der Waals surface area contributed by atoms with Crippen LogP contribution < -0.4 is 0 Å². The highest BCUT2D eigenvalue weighted by Gasteiger charge is 2.23. The van der Waals surface area contributed by atoms with E-state index in [0.717, 1.165) is 5.56 Å². The lowest BCUT2D eigenvalue weighted by molar-refractivity contribution is 0.101. The van der Waals surface area contributed by atoms with Gasteiger partial charge in [0.1, 0.15) is 11.5 Å². The standard InChI is InChI=1S/C13H14O3/c1-7-4-3-5-9-11(15)6-10(8(2)14)13(16)12(7)9/h3-4,6-7,15-16H,5H2,1-2H3. The van der Waals surface area contributed by atoms with Crippen molar-refractivity contribution in [2.45, 2.75) is 26.2 Å². The number of Topliss-reactive ketones (excluding diaryl/α,β-unsaturated/α-hetero) is 1. The molecule has 3 nitrogen and oxygen atoms in total. The molecule has 0 amide bonds. The molecular weight excluding hydrogens is 204 g/mol. The first-order valence-electron chi connectivity index (χ1n) is 5.27. The summed E-state index contributed by atoms with van der Waals surface area (Å²) in [5.41, 5.74) is 1.59. The van der Waals surface area contributed by atoms with Gasteiger partial charge in [-0.1, -0.05) is 19.1 Å². The van der Waals surface area contributed by atoms with E-state index >= 15 is 0 Å². The minimum absolute atomic E-state index is 0.0113. The minimum Gasteiger partial charge on any atom is -0.508 e. The highest BCUT2D eigenvalue weighted by atomic mass is 16.3. The molecule has 84 valence electrons.